The number of aliphatic hydroxyl groups excluding tert-OH is 1. The van der Waals surface area contributed by atoms with Gasteiger partial charge in [-0.15, -0.1) is 0 Å². The number of hydrogen-bond donors (Lipinski definition) is 2. The van der Waals surface area contributed by atoms with Gasteiger partial charge in [0, 0.05) is 23.6 Å². The predicted octanol–water partition coefficient (Wildman–Crippen LogP) is 2.75. The first-order valence-corrected chi connectivity index (χ1v) is 6.59. The topological polar surface area (TPSA) is 43.7 Å². The molecule has 1 aromatic carbocycles. The van der Waals surface area contributed by atoms with Crippen LogP contribution in [0.2, 0.25) is 0 Å². The summed E-state index contributed by atoms with van der Waals surface area (Å²) in [6, 6.07) is 5.59. The van der Waals surface area contributed by atoms with E-state index in [9.17, 15) is 10.2 Å². The van der Waals surface area contributed by atoms with Gasteiger partial charge in [-0.25, -0.2) is 0 Å². The standard InChI is InChI=1S/C13H20BrNO2/c1-9(2)15(7-10(3)16)8-11-6-12(17)4-5-13(11)14/h4-6,9-10,16-17H,7-8H2,1-3H3. The number of hydrogen-bond acceptors (Lipinski definition) is 3. The maximum Gasteiger partial charge on any atom is 0.115 e. The van der Waals surface area contributed by atoms with Crippen molar-refractivity contribution in [2.75, 3.05) is 6.54 Å². The highest BCUT2D eigenvalue weighted by molar-refractivity contribution is 9.10. The number of phenols is 1. The largest absolute Gasteiger partial charge is 0.508 e. The van der Waals surface area contributed by atoms with Crippen LogP contribution in [0.5, 0.6) is 5.75 Å². The monoisotopic (exact) mass is 301 g/mol. The molecule has 1 unspecified atom stereocenters. The number of nitrogens with zero attached hydrogens (tertiary/aromatic N) is 1. The first kappa shape index (κ1) is 14.5. The van der Waals surface area contributed by atoms with Crippen molar-refractivity contribution in [3.8, 4) is 5.75 Å². The van der Waals surface area contributed by atoms with E-state index in [2.05, 4.69) is 34.7 Å². The van der Waals surface area contributed by atoms with Crippen LogP contribution in [0.15, 0.2) is 22.7 Å². The van der Waals surface area contributed by atoms with E-state index in [1.807, 2.05) is 6.07 Å². The molecule has 0 bridgehead atoms. The molecular weight excluding hydrogens is 282 g/mol. The van der Waals surface area contributed by atoms with E-state index < -0.39 is 0 Å². The number of aromatic hydroxyl groups is 1. The highest BCUT2D eigenvalue weighted by Gasteiger charge is 2.14. The molecule has 0 amide bonds. The van der Waals surface area contributed by atoms with Crippen molar-refractivity contribution in [2.45, 2.75) is 39.5 Å². The molecule has 0 saturated carbocycles. The number of phenolic OH excluding ortho intramolecular Hbond substituents is 1. The normalized spacial score (nSPS) is 13.4. The third-order valence-corrected chi connectivity index (χ3v) is 3.41. The van der Waals surface area contributed by atoms with Gasteiger partial charge in [0.15, 0.2) is 0 Å². The number of aliphatic hydroxyl groups is 1. The molecular formula is C13H20BrNO2. The fourth-order valence-electron chi connectivity index (χ4n) is 1.70. The summed E-state index contributed by atoms with van der Waals surface area (Å²) in [5.41, 5.74) is 1.03. The van der Waals surface area contributed by atoms with E-state index in [0.29, 0.717) is 19.1 Å². The van der Waals surface area contributed by atoms with Crippen LogP contribution in [0.3, 0.4) is 0 Å². The molecule has 0 spiro atoms. The Hall–Kier alpha value is -0.580. The summed E-state index contributed by atoms with van der Waals surface area (Å²) in [6.07, 6.45) is -0.353. The fourth-order valence-corrected chi connectivity index (χ4v) is 2.07. The van der Waals surface area contributed by atoms with Gasteiger partial charge in [0.2, 0.25) is 0 Å². The summed E-state index contributed by atoms with van der Waals surface area (Å²) < 4.78 is 0.978. The lowest BCUT2D eigenvalue weighted by Crippen LogP contribution is -2.36. The average molecular weight is 302 g/mol. The Balaban J connectivity index is 2.81. The lowest BCUT2D eigenvalue weighted by molar-refractivity contribution is 0.102. The van der Waals surface area contributed by atoms with E-state index in [-0.39, 0.29) is 11.9 Å². The quantitative estimate of drug-likeness (QED) is 0.879. The summed E-state index contributed by atoms with van der Waals surface area (Å²) in [7, 11) is 0. The minimum Gasteiger partial charge on any atom is -0.508 e. The Kier molecular flexibility index (Phi) is 5.43. The van der Waals surface area contributed by atoms with Crippen LogP contribution < -0.4 is 0 Å². The lowest BCUT2D eigenvalue weighted by Gasteiger charge is -2.28. The zero-order valence-electron chi connectivity index (χ0n) is 10.5. The van der Waals surface area contributed by atoms with Gasteiger partial charge >= 0.3 is 0 Å². The molecule has 1 rings (SSSR count). The fraction of sp³-hybridized carbons (Fsp3) is 0.538. The first-order valence-electron chi connectivity index (χ1n) is 5.79. The second-order valence-corrected chi connectivity index (χ2v) is 5.50. The van der Waals surface area contributed by atoms with E-state index in [0.717, 1.165) is 10.0 Å². The maximum atomic E-state index is 9.48. The van der Waals surface area contributed by atoms with Crippen LogP contribution in [0.25, 0.3) is 0 Å². The molecule has 0 fully saturated rings. The molecule has 4 heteroatoms. The Morgan fingerprint density at radius 1 is 1.29 bits per heavy atom. The number of rotatable bonds is 5. The minimum atomic E-state index is -0.353. The summed E-state index contributed by atoms with van der Waals surface area (Å²) in [5.74, 6) is 0.268. The van der Waals surface area contributed by atoms with Crippen molar-refractivity contribution in [3.63, 3.8) is 0 Å². The Morgan fingerprint density at radius 3 is 2.47 bits per heavy atom. The molecule has 17 heavy (non-hydrogen) atoms. The highest BCUT2D eigenvalue weighted by atomic mass is 79.9. The van der Waals surface area contributed by atoms with Crippen LogP contribution in [0.4, 0.5) is 0 Å². The van der Waals surface area contributed by atoms with E-state index in [1.165, 1.54) is 0 Å². The summed E-state index contributed by atoms with van der Waals surface area (Å²) >= 11 is 3.47. The Bertz CT molecular complexity index is 366. The second kappa shape index (κ2) is 6.38. The molecule has 0 aliphatic carbocycles. The van der Waals surface area contributed by atoms with Crippen molar-refractivity contribution < 1.29 is 10.2 Å². The van der Waals surface area contributed by atoms with Gasteiger partial charge in [-0.1, -0.05) is 15.9 Å². The van der Waals surface area contributed by atoms with Gasteiger partial charge < -0.3 is 10.2 Å². The predicted molar refractivity (Wildman–Crippen MR) is 73.0 cm³/mol. The zero-order chi connectivity index (χ0) is 13.0. The molecule has 0 aromatic heterocycles. The summed E-state index contributed by atoms with van der Waals surface area (Å²) in [4.78, 5) is 2.17. The second-order valence-electron chi connectivity index (χ2n) is 4.65. The Morgan fingerprint density at radius 2 is 1.94 bits per heavy atom. The van der Waals surface area contributed by atoms with E-state index >= 15 is 0 Å². The maximum absolute atomic E-state index is 9.48. The first-order chi connectivity index (χ1) is 7.90. The number of halogens is 1. The minimum absolute atomic E-state index is 0.268. The van der Waals surface area contributed by atoms with Gasteiger partial charge in [-0.3, -0.25) is 4.90 Å². The van der Waals surface area contributed by atoms with Gasteiger partial charge in [0.1, 0.15) is 5.75 Å². The van der Waals surface area contributed by atoms with Crippen molar-refractivity contribution in [2.24, 2.45) is 0 Å². The Labute approximate surface area is 111 Å². The van der Waals surface area contributed by atoms with Crippen LogP contribution >= 0.6 is 15.9 Å². The summed E-state index contributed by atoms with van der Waals surface area (Å²) in [5, 5.41) is 19.0. The van der Waals surface area contributed by atoms with Crippen LogP contribution in [-0.2, 0) is 6.54 Å². The van der Waals surface area contributed by atoms with Gasteiger partial charge in [0.25, 0.3) is 0 Å². The van der Waals surface area contributed by atoms with Crippen molar-refractivity contribution in [1.29, 1.82) is 0 Å². The molecule has 2 N–H and O–H groups in total. The van der Waals surface area contributed by atoms with Crippen LogP contribution in [-0.4, -0.2) is 33.8 Å². The molecule has 3 nitrogen and oxygen atoms in total. The molecule has 1 atom stereocenters. The third kappa shape index (κ3) is 4.66. The lowest BCUT2D eigenvalue weighted by atomic mass is 10.1. The third-order valence-electron chi connectivity index (χ3n) is 2.63. The molecule has 1 aromatic rings. The van der Waals surface area contributed by atoms with Crippen LogP contribution in [0.1, 0.15) is 26.3 Å². The number of benzene rings is 1. The van der Waals surface area contributed by atoms with Crippen molar-refractivity contribution >= 4 is 15.9 Å². The van der Waals surface area contributed by atoms with Gasteiger partial charge in [0.05, 0.1) is 6.10 Å². The van der Waals surface area contributed by atoms with Crippen molar-refractivity contribution in [3.05, 3.63) is 28.2 Å². The molecule has 0 aliphatic heterocycles. The summed E-state index contributed by atoms with van der Waals surface area (Å²) in [6.45, 7) is 7.31. The molecule has 0 saturated heterocycles. The van der Waals surface area contributed by atoms with E-state index in [4.69, 9.17) is 0 Å². The molecule has 0 heterocycles. The van der Waals surface area contributed by atoms with Crippen molar-refractivity contribution in [1.82, 2.24) is 4.90 Å². The smallest absolute Gasteiger partial charge is 0.115 e. The van der Waals surface area contributed by atoms with Gasteiger partial charge in [-0.2, -0.15) is 0 Å². The molecule has 0 aliphatic rings. The van der Waals surface area contributed by atoms with E-state index in [1.54, 1.807) is 19.1 Å². The average Bonchev–Trinajstić information content (AvgIpc) is 2.21. The van der Waals surface area contributed by atoms with Gasteiger partial charge in [-0.05, 0) is 44.5 Å². The van der Waals surface area contributed by atoms with Crippen LogP contribution in [0, 0.1) is 0 Å². The molecule has 0 radical (unpaired) electrons. The molecule has 96 valence electrons. The highest BCUT2D eigenvalue weighted by Crippen LogP contribution is 2.23. The zero-order valence-corrected chi connectivity index (χ0v) is 12.1. The SMILES string of the molecule is CC(O)CN(Cc1cc(O)ccc1Br)C(C)C.